The van der Waals surface area contributed by atoms with Crippen LogP contribution in [0.2, 0.25) is 0 Å². The van der Waals surface area contributed by atoms with Crippen molar-refractivity contribution in [2.24, 2.45) is 5.73 Å². The first-order chi connectivity index (χ1) is 9.45. The Balaban J connectivity index is 2.16. The van der Waals surface area contributed by atoms with Crippen molar-refractivity contribution >= 4 is 0 Å². The van der Waals surface area contributed by atoms with Crippen molar-refractivity contribution in [2.75, 3.05) is 19.8 Å². The monoisotopic (exact) mass is 295 g/mol. The molecule has 0 bridgehead atoms. The topological polar surface area (TPSA) is 44.5 Å². The van der Waals surface area contributed by atoms with Gasteiger partial charge in [0.1, 0.15) is 12.4 Å². The number of nitrogens with two attached hydrogens (primary N) is 1. The Kier molecular flexibility index (Phi) is 6.74. The lowest BCUT2D eigenvalue weighted by atomic mass is 10.2. The van der Waals surface area contributed by atoms with E-state index in [9.17, 15) is 17.6 Å². The molecule has 0 saturated carbocycles. The van der Waals surface area contributed by atoms with Crippen LogP contribution >= 0.6 is 0 Å². The second-order valence-corrected chi connectivity index (χ2v) is 4.17. The number of alkyl halides is 4. The molecule has 0 heterocycles. The molecule has 1 aromatic rings. The fourth-order valence-corrected chi connectivity index (χ4v) is 1.38. The lowest BCUT2D eigenvalue weighted by molar-refractivity contribution is -0.166. The van der Waals surface area contributed by atoms with Crippen molar-refractivity contribution in [2.45, 2.75) is 25.3 Å². The molecule has 0 aliphatic rings. The molecule has 0 atom stereocenters. The Morgan fingerprint density at radius 2 is 1.95 bits per heavy atom. The Morgan fingerprint density at radius 3 is 2.60 bits per heavy atom. The first-order valence-corrected chi connectivity index (χ1v) is 6.11. The molecule has 0 amide bonds. The maximum atomic E-state index is 12.5. The largest absolute Gasteiger partial charge is 0.493 e. The smallest absolute Gasteiger partial charge is 0.330 e. The summed E-state index contributed by atoms with van der Waals surface area (Å²) in [5.74, 6) is -3.48. The van der Waals surface area contributed by atoms with Gasteiger partial charge < -0.3 is 15.2 Å². The van der Waals surface area contributed by atoms with Crippen LogP contribution in [0.25, 0.3) is 0 Å². The van der Waals surface area contributed by atoms with E-state index in [1.165, 1.54) is 0 Å². The number of rotatable bonds is 9. The van der Waals surface area contributed by atoms with Gasteiger partial charge >= 0.3 is 12.3 Å². The van der Waals surface area contributed by atoms with Crippen molar-refractivity contribution in [3.05, 3.63) is 29.8 Å². The van der Waals surface area contributed by atoms with E-state index in [-0.39, 0.29) is 13.2 Å². The van der Waals surface area contributed by atoms with Gasteiger partial charge in [-0.3, -0.25) is 0 Å². The number of benzene rings is 1. The summed E-state index contributed by atoms with van der Waals surface area (Å²) in [6.45, 7) is -0.719. The summed E-state index contributed by atoms with van der Waals surface area (Å²) in [5.41, 5.74) is 6.38. The molecular weight excluding hydrogens is 278 g/mol. The summed E-state index contributed by atoms with van der Waals surface area (Å²) < 4.78 is 58.5. The average Bonchev–Trinajstić information content (AvgIpc) is 2.42. The van der Waals surface area contributed by atoms with Crippen molar-refractivity contribution in [3.8, 4) is 5.75 Å². The molecule has 3 nitrogen and oxygen atoms in total. The van der Waals surface area contributed by atoms with Gasteiger partial charge in [-0.15, -0.1) is 0 Å². The van der Waals surface area contributed by atoms with Crippen LogP contribution in [-0.2, 0) is 11.3 Å². The molecule has 1 aromatic carbocycles. The Hall–Kier alpha value is -1.34. The maximum absolute atomic E-state index is 12.5. The third-order valence-corrected chi connectivity index (χ3v) is 2.45. The zero-order valence-corrected chi connectivity index (χ0v) is 10.8. The Labute approximate surface area is 114 Å². The first-order valence-electron chi connectivity index (χ1n) is 6.11. The van der Waals surface area contributed by atoms with Gasteiger partial charge in [0.05, 0.1) is 13.2 Å². The molecule has 114 valence electrons. The van der Waals surface area contributed by atoms with Gasteiger partial charge in [-0.05, 0) is 17.7 Å². The first kappa shape index (κ1) is 16.7. The molecule has 2 N–H and O–H groups in total. The van der Waals surface area contributed by atoms with Gasteiger partial charge in [-0.2, -0.15) is 8.78 Å². The van der Waals surface area contributed by atoms with Crippen molar-refractivity contribution in [1.29, 1.82) is 0 Å². The molecule has 20 heavy (non-hydrogen) atoms. The average molecular weight is 295 g/mol. The molecule has 1 rings (SSSR count). The predicted octanol–water partition coefficient (Wildman–Crippen LogP) is 2.83. The zero-order valence-electron chi connectivity index (χ0n) is 10.8. The highest BCUT2D eigenvalue weighted by Gasteiger charge is 2.40. The van der Waals surface area contributed by atoms with Gasteiger partial charge in [-0.25, -0.2) is 8.78 Å². The van der Waals surface area contributed by atoms with Crippen LogP contribution in [0, 0.1) is 0 Å². The molecule has 7 heteroatoms. The minimum Gasteiger partial charge on any atom is -0.493 e. The zero-order chi connectivity index (χ0) is 15.0. The molecule has 0 saturated heterocycles. The number of hydrogen-bond donors (Lipinski definition) is 1. The highest BCUT2D eigenvalue weighted by Crippen LogP contribution is 2.22. The van der Waals surface area contributed by atoms with Crippen LogP contribution in [-0.4, -0.2) is 32.2 Å². The Morgan fingerprint density at radius 1 is 1.20 bits per heavy atom. The second kappa shape index (κ2) is 8.06. The lowest BCUT2D eigenvalue weighted by Gasteiger charge is -2.15. The van der Waals surface area contributed by atoms with E-state index in [0.717, 1.165) is 5.56 Å². The molecule has 0 fully saturated rings. The summed E-state index contributed by atoms with van der Waals surface area (Å²) in [6, 6.07) is 7.15. The number of halogens is 4. The quantitative estimate of drug-likeness (QED) is 0.563. The standard InChI is InChI=1S/C13H17F4NO2/c14-12(15)13(16,17)9-19-5-2-6-20-11-4-1-3-10(7-11)8-18/h1,3-4,7,12H,2,5-6,8-9,18H2. The van der Waals surface area contributed by atoms with E-state index in [0.29, 0.717) is 18.7 Å². The van der Waals surface area contributed by atoms with Gasteiger partial charge in [0, 0.05) is 13.0 Å². The van der Waals surface area contributed by atoms with Crippen molar-refractivity contribution in [1.82, 2.24) is 0 Å². The molecular formula is C13H17F4NO2. The van der Waals surface area contributed by atoms with Crippen molar-refractivity contribution < 1.29 is 27.0 Å². The van der Waals surface area contributed by atoms with E-state index >= 15 is 0 Å². The maximum Gasteiger partial charge on any atom is 0.330 e. The van der Waals surface area contributed by atoms with Crippen molar-refractivity contribution in [3.63, 3.8) is 0 Å². The van der Waals surface area contributed by atoms with Crippen LogP contribution in [0.4, 0.5) is 17.6 Å². The fraction of sp³-hybridized carbons (Fsp3) is 0.538. The number of ether oxygens (including phenoxy) is 2. The molecule has 0 unspecified atom stereocenters. The van der Waals surface area contributed by atoms with Gasteiger partial charge in [-0.1, -0.05) is 12.1 Å². The molecule has 0 aliphatic carbocycles. The van der Waals surface area contributed by atoms with Crippen LogP contribution in [0.15, 0.2) is 24.3 Å². The van der Waals surface area contributed by atoms with E-state index < -0.39 is 19.0 Å². The highest BCUT2D eigenvalue weighted by molar-refractivity contribution is 5.28. The SMILES string of the molecule is NCc1cccc(OCCCOCC(F)(F)C(F)F)c1. The van der Waals surface area contributed by atoms with Crippen LogP contribution < -0.4 is 10.5 Å². The molecule has 0 aromatic heterocycles. The molecule has 0 radical (unpaired) electrons. The molecule has 0 aliphatic heterocycles. The van der Waals surface area contributed by atoms with E-state index in [2.05, 4.69) is 4.74 Å². The van der Waals surface area contributed by atoms with Crippen LogP contribution in [0.1, 0.15) is 12.0 Å². The number of hydrogen-bond acceptors (Lipinski definition) is 3. The lowest BCUT2D eigenvalue weighted by Crippen LogP contribution is -2.32. The Bertz CT molecular complexity index is 402. The summed E-state index contributed by atoms with van der Waals surface area (Å²) in [4.78, 5) is 0. The van der Waals surface area contributed by atoms with Gasteiger partial charge in [0.15, 0.2) is 0 Å². The predicted molar refractivity (Wildman–Crippen MR) is 66.2 cm³/mol. The van der Waals surface area contributed by atoms with E-state index in [1.54, 1.807) is 18.2 Å². The minimum absolute atomic E-state index is 0.0705. The second-order valence-electron chi connectivity index (χ2n) is 4.17. The van der Waals surface area contributed by atoms with E-state index in [1.807, 2.05) is 6.07 Å². The van der Waals surface area contributed by atoms with Crippen LogP contribution in [0.3, 0.4) is 0 Å². The summed E-state index contributed by atoms with van der Waals surface area (Å²) >= 11 is 0. The molecule has 0 spiro atoms. The summed E-state index contributed by atoms with van der Waals surface area (Å²) in [6.07, 6.45) is -3.38. The summed E-state index contributed by atoms with van der Waals surface area (Å²) in [5, 5.41) is 0. The third kappa shape index (κ3) is 5.75. The van der Waals surface area contributed by atoms with Gasteiger partial charge in [0.25, 0.3) is 0 Å². The normalized spacial score (nSPS) is 11.9. The summed E-state index contributed by atoms with van der Waals surface area (Å²) in [7, 11) is 0. The third-order valence-electron chi connectivity index (χ3n) is 2.45. The van der Waals surface area contributed by atoms with Gasteiger partial charge in [0.2, 0.25) is 0 Å². The fourth-order valence-electron chi connectivity index (χ4n) is 1.38. The highest BCUT2D eigenvalue weighted by atomic mass is 19.3. The van der Waals surface area contributed by atoms with Crippen LogP contribution in [0.5, 0.6) is 5.75 Å². The minimum atomic E-state index is -4.10. The van der Waals surface area contributed by atoms with E-state index in [4.69, 9.17) is 10.5 Å².